The van der Waals surface area contributed by atoms with Crippen molar-refractivity contribution in [1.82, 2.24) is 20.6 Å². The molecule has 0 fully saturated rings. The Morgan fingerprint density at radius 2 is 1.97 bits per heavy atom. The number of aromatic hydroxyl groups is 1. The topological polar surface area (TPSA) is 172 Å². The van der Waals surface area contributed by atoms with Gasteiger partial charge in [-0.2, -0.15) is 0 Å². The van der Waals surface area contributed by atoms with E-state index in [-0.39, 0.29) is 24.5 Å². The zero-order valence-corrected chi connectivity index (χ0v) is 16.8. The van der Waals surface area contributed by atoms with E-state index in [1.54, 1.807) is 18.5 Å². The third-order valence-corrected chi connectivity index (χ3v) is 3.78. The molecule has 0 radical (unpaired) electrons. The van der Waals surface area contributed by atoms with Crippen molar-refractivity contribution in [3.63, 3.8) is 0 Å². The number of rotatable bonds is 11. The summed E-state index contributed by atoms with van der Waals surface area (Å²) >= 11 is 0. The van der Waals surface area contributed by atoms with Crippen LogP contribution in [0.15, 0.2) is 36.7 Å². The van der Waals surface area contributed by atoms with Crippen LogP contribution in [-0.2, 0) is 9.53 Å². The van der Waals surface area contributed by atoms with E-state index in [1.807, 2.05) is 0 Å². The summed E-state index contributed by atoms with van der Waals surface area (Å²) in [6, 6.07) is 4.26. The van der Waals surface area contributed by atoms with Crippen molar-refractivity contribution in [3.8, 4) is 23.8 Å². The summed E-state index contributed by atoms with van der Waals surface area (Å²) in [4.78, 5) is 43.0. The van der Waals surface area contributed by atoms with Crippen molar-refractivity contribution in [1.29, 1.82) is 0 Å². The summed E-state index contributed by atoms with van der Waals surface area (Å²) in [5, 5.41) is 26.6. The molecule has 0 aliphatic rings. The number of ether oxygens (including phenoxy) is 2. The third kappa shape index (κ3) is 7.71. The molecule has 1 atom stereocenters. The molecule has 2 aromatic rings. The van der Waals surface area contributed by atoms with Crippen LogP contribution in [0.5, 0.6) is 11.5 Å². The van der Waals surface area contributed by atoms with Crippen LogP contribution in [-0.4, -0.2) is 70.5 Å². The molecule has 0 unspecified atom stereocenters. The number of carboxylic acid groups (broad SMARTS) is 1. The maximum absolute atomic E-state index is 12.3. The van der Waals surface area contributed by atoms with Crippen LogP contribution in [0.4, 0.5) is 10.7 Å². The number of carbonyl (C=O) groups is 3. The number of carbonyl (C=O) groups excluding carboxylic acids is 2. The minimum atomic E-state index is -1.46. The van der Waals surface area contributed by atoms with Gasteiger partial charge in [-0.3, -0.25) is 4.79 Å². The van der Waals surface area contributed by atoms with Crippen molar-refractivity contribution < 1.29 is 34.1 Å². The Balaban J connectivity index is 1.84. The monoisotopic (exact) mass is 443 g/mol. The van der Waals surface area contributed by atoms with Crippen LogP contribution >= 0.6 is 0 Å². The second-order valence-electron chi connectivity index (χ2n) is 6.05. The van der Waals surface area contributed by atoms with Gasteiger partial charge in [0.25, 0.3) is 5.91 Å². The fourth-order valence-corrected chi connectivity index (χ4v) is 2.30. The van der Waals surface area contributed by atoms with E-state index in [2.05, 4.69) is 36.6 Å². The number of phenolic OH excluding ortho intramolecular Hbond substituents is 1. The molecular formula is C20H21N5O7. The first-order valence-corrected chi connectivity index (χ1v) is 9.25. The van der Waals surface area contributed by atoms with Crippen molar-refractivity contribution >= 4 is 23.9 Å². The highest BCUT2D eigenvalue weighted by atomic mass is 16.5. The molecule has 0 aliphatic carbocycles. The number of anilines is 1. The molecule has 5 N–H and O–H groups in total. The van der Waals surface area contributed by atoms with E-state index in [0.29, 0.717) is 18.2 Å². The number of amides is 2. The maximum atomic E-state index is 12.3. The Hall–Kier alpha value is -4.53. The van der Waals surface area contributed by atoms with Gasteiger partial charge in [0, 0.05) is 25.0 Å². The van der Waals surface area contributed by atoms with Gasteiger partial charge in [0.15, 0.2) is 6.61 Å². The lowest BCUT2D eigenvalue weighted by Gasteiger charge is -2.15. The van der Waals surface area contributed by atoms with Gasteiger partial charge < -0.3 is 35.6 Å². The summed E-state index contributed by atoms with van der Waals surface area (Å²) < 4.78 is 10.0. The lowest BCUT2D eigenvalue weighted by Crippen LogP contribution is -2.48. The van der Waals surface area contributed by atoms with Gasteiger partial charge in [0.1, 0.15) is 24.1 Å². The molecule has 168 valence electrons. The molecule has 12 heteroatoms. The average molecular weight is 443 g/mol. The van der Waals surface area contributed by atoms with Gasteiger partial charge in [-0.1, -0.05) is 5.92 Å². The number of benzene rings is 1. The summed E-state index contributed by atoms with van der Waals surface area (Å²) in [5.41, 5.74) is -0.104. The number of phenols is 1. The predicted octanol–water partition coefficient (Wildman–Crippen LogP) is 0.215. The molecule has 0 spiro atoms. The van der Waals surface area contributed by atoms with Crippen LogP contribution in [0.3, 0.4) is 0 Å². The highest BCUT2D eigenvalue weighted by Gasteiger charge is 2.22. The summed E-state index contributed by atoms with van der Waals surface area (Å²) in [6.45, 7) is -0.140. The number of terminal acetylenes is 1. The molecule has 1 aromatic heterocycles. The zero-order chi connectivity index (χ0) is 23.3. The number of nitrogens with zero attached hydrogens (tertiary/aromatic N) is 2. The Bertz CT molecular complexity index is 978. The molecule has 0 bridgehead atoms. The van der Waals surface area contributed by atoms with Gasteiger partial charge in [-0.25, -0.2) is 19.6 Å². The molecule has 0 aliphatic heterocycles. The number of hydrogen-bond donors (Lipinski definition) is 5. The van der Waals surface area contributed by atoms with E-state index in [4.69, 9.17) is 16.3 Å². The first-order valence-electron chi connectivity index (χ1n) is 9.25. The van der Waals surface area contributed by atoms with Gasteiger partial charge in [-0.15, -0.1) is 6.42 Å². The molecule has 32 heavy (non-hydrogen) atoms. The summed E-state index contributed by atoms with van der Waals surface area (Å²) in [5.74, 6) is 0.310. The largest absolute Gasteiger partial charge is 0.507 e. The molecule has 0 saturated heterocycles. The standard InChI is InChI=1S/C20H21N5O7/c1-2-9-32-20(30)25-15(18(28)29)12-24-17(27)14-5-4-13(11-16(14)26)31-10-8-23-19-21-6-3-7-22-19/h1,3-7,11,15,26H,8-10,12H2,(H,24,27)(H,25,30)(H,28,29)(H,21,22,23)/t15-/m0/s1. The van der Waals surface area contributed by atoms with E-state index in [0.717, 1.165) is 0 Å². The van der Waals surface area contributed by atoms with Crippen molar-refractivity contribution in [2.75, 3.05) is 31.6 Å². The predicted molar refractivity (Wildman–Crippen MR) is 111 cm³/mol. The molecule has 12 nitrogen and oxygen atoms in total. The van der Waals surface area contributed by atoms with Gasteiger partial charge in [0.05, 0.1) is 12.1 Å². The van der Waals surface area contributed by atoms with Crippen LogP contribution < -0.4 is 20.7 Å². The SMILES string of the molecule is C#CCOC(=O)N[C@@H](CNC(=O)c1ccc(OCCNc2ncccn2)cc1O)C(=O)O. The number of alkyl carbamates (subject to hydrolysis) is 1. The van der Waals surface area contributed by atoms with Crippen molar-refractivity contribution in [3.05, 3.63) is 42.2 Å². The van der Waals surface area contributed by atoms with Crippen LogP contribution in [0.25, 0.3) is 0 Å². The number of hydrogen-bond acceptors (Lipinski definition) is 9. The average Bonchev–Trinajstić information content (AvgIpc) is 2.78. The Morgan fingerprint density at radius 1 is 1.22 bits per heavy atom. The zero-order valence-electron chi connectivity index (χ0n) is 16.8. The van der Waals surface area contributed by atoms with Gasteiger partial charge in [0.2, 0.25) is 5.95 Å². The lowest BCUT2D eigenvalue weighted by molar-refractivity contribution is -0.139. The van der Waals surface area contributed by atoms with E-state index in [1.165, 1.54) is 18.2 Å². The summed E-state index contributed by atoms with van der Waals surface area (Å²) in [7, 11) is 0. The third-order valence-electron chi connectivity index (χ3n) is 3.78. The molecule has 2 rings (SSSR count). The lowest BCUT2D eigenvalue weighted by atomic mass is 10.1. The second-order valence-corrected chi connectivity index (χ2v) is 6.05. The highest BCUT2D eigenvalue weighted by molar-refractivity contribution is 5.97. The molecule has 0 saturated carbocycles. The maximum Gasteiger partial charge on any atom is 0.408 e. The number of aliphatic carboxylic acids is 1. The molecule has 1 aromatic carbocycles. The van der Waals surface area contributed by atoms with Gasteiger partial charge in [-0.05, 0) is 18.2 Å². The van der Waals surface area contributed by atoms with Crippen LogP contribution in [0.1, 0.15) is 10.4 Å². The number of carboxylic acids is 1. The highest BCUT2D eigenvalue weighted by Crippen LogP contribution is 2.23. The van der Waals surface area contributed by atoms with Crippen molar-refractivity contribution in [2.45, 2.75) is 6.04 Å². The van der Waals surface area contributed by atoms with Crippen molar-refractivity contribution in [2.24, 2.45) is 0 Å². The van der Waals surface area contributed by atoms with E-state index in [9.17, 15) is 19.5 Å². The quantitative estimate of drug-likeness (QED) is 0.239. The first-order chi connectivity index (χ1) is 15.4. The summed E-state index contributed by atoms with van der Waals surface area (Å²) in [6.07, 6.45) is 7.09. The number of aromatic nitrogens is 2. The van der Waals surface area contributed by atoms with Crippen LogP contribution in [0.2, 0.25) is 0 Å². The Kier molecular flexibility index (Phi) is 9.08. The Morgan fingerprint density at radius 3 is 2.62 bits per heavy atom. The minimum Gasteiger partial charge on any atom is -0.507 e. The first kappa shape index (κ1) is 23.7. The normalized spacial score (nSPS) is 10.8. The molecule has 1 heterocycles. The molecule has 2 amide bonds. The van der Waals surface area contributed by atoms with E-state index >= 15 is 0 Å². The van der Waals surface area contributed by atoms with Gasteiger partial charge >= 0.3 is 12.1 Å². The fourth-order valence-electron chi connectivity index (χ4n) is 2.30. The minimum absolute atomic E-state index is 0.104. The fraction of sp³-hybridized carbons (Fsp3) is 0.250. The molecular weight excluding hydrogens is 422 g/mol. The smallest absolute Gasteiger partial charge is 0.408 e. The van der Waals surface area contributed by atoms with E-state index < -0.39 is 30.6 Å². The Labute approximate surface area is 183 Å². The van der Waals surface area contributed by atoms with Crippen LogP contribution in [0, 0.1) is 12.3 Å². The number of nitrogens with one attached hydrogen (secondary N) is 3. The second kappa shape index (κ2) is 12.2.